The molecule has 0 atom stereocenters. The van der Waals surface area contributed by atoms with Gasteiger partial charge in [-0.05, 0) is 43.9 Å². The van der Waals surface area contributed by atoms with Gasteiger partial charge in [-0.1, -0.05) is 36.4 Å². The monoisotopic (exact) mass is 294 g/mol. The Kier molecular flexibility index (Phi) is 3.45. The van der Waals surface area contributed by atoms with Gasteiger partial charge in [0.1, 0.15) is 5.60 Å². The van der Waals surface area contributed by atoms with E-state index in [0.29, 0.717) is 17.5 Å². The van der Waals surface area contributed by atoms with Crippen molar-refractivity contribution in [2.45, 2.75) is 32.3 Å². The number of benzene rings is 2. The van der Waals surface area contributed by atoms with E-state index < -0.39 is 5.60 Å². The first-order valence-corrected chi connectivity index (χ1v) is 7.40. The van der Waals surface area contributed by atoms with Crippen LogP contribution >= 0.6 is 0 Å². The van der Waals surface area contributed by atoms with Crippen LogP contribution in [0.3, 0.4) is 0 Å². The molecule has 2 aromatic rings. The van der Waals surface area contributed by atoms with Gasteiger partial charge in [-0.25, -0.2) is 0 Å². The average Bonchev–Trinajstić information content (AvgIpc) is 2.63. The summed E-state index contributed by atoms with van der Waals surface area (Å²) in [4.78, 5) is 24.9. The number of fused-ring (bicyclic) bond motifs is 2. The van der Waals surface area contributed by atoms with Crippen molar-refractivity contribution >= 4 is 11.6 Å². The minimum Gasteiger partial charge on any atom is -0.382 e. The quantitative estimate of drug-likeness (QED) is 0.866. The highest BCUT2D eigenvalue weighted by Crippen LogP contribution is 2.26. The summed E-state index contributed by atoms with van der Waals surface area (Å²) in [5.41, 5.74) is 2.34. The second-order valence-electron chi connectivity index (χ2n) is 6.25. The second kappa shape index (κ2) is 5.18. The first-order chi connectivity index (χ1) is 10.4. The van der Waals surface area contributed by atoms with Crippen molar-refractivity contribution in [3.8, 4) is 0 Å². The van der Waals surface area contributed by atoms with Gasteiger partial charge in [0.2, 0.25) is 0 Å². The maximum atomic E-state index is 12.7. The second-order valence-corrected chi connectivity index (χ2v) is 6.25. The average molecular weight is 294 g/mol. The van der Waals surface area contributed by atoms with Gasteiger partial charge >= 0.3 is 0 Å². The molecule has 0 aliphatic heterocycles. The lowest BCUT2D eigenvalue weighted by atomic mass is 9.92. The molecule has 1 N–H and O–H groups in total. The summed E-state index contributed by atoms with van der Waals surface area (Å²) >= 11 is 0. The van der Waals surface area contributed by atoms with Gasteiger partial charge < -0.3 is 5.11 Å². The van der Waals surface area contributed by atoms with Crippen molar-refractivity contribution in [2.24, 2.45) is 0 Å². The topological polar surface area (TPSA) is 54.4 Å². The van der Waals surface area contributed by atoms with E-state index in [1.165, 1.54) is 13.8 Å². The van der Waals surface area contributed by atoms with Crippen LogP contribution in [0.5, 0.6) is 0 Å². The molecule has 1 aliphatic rings. The number of carbonyl (C=O) groups is 2. The number of aliphatic hydroxyl groups is 1. The zero-order valence-corrected chi connectivity index (χ0v) is 12.7. The highest BCUT2D eigenvalue weighted by atomic mass is 16.3. The molecule has 22 heavy (non-hydrogen) atoms. The standard InChI is InChI=1S/C19H18O3/c1-19(2,22)18(21)14-9-10-16-13(11-14)8-7-12-5-3-4-6-15(12)17(16)20/h3-6,9-11,22H,7-8H2,1-2H3. The Morgan fingerprint density at radius 2 is 1.64 bits per heavy atom. The van der Waals surface area contributed by atoms with Crippen LogP contribution in [0.1, 0.15) is 51.3 Å². The van der Waals surface area contributed by atoms with E-state index in [-0.39, 0.29) is 11.6 Å². The van der Waals surface area contributed by atoms with Crippen LogP contribution in [0.15, 0.2) is 42.5 Å². The molecular formula is C19H18O3. The maximum Gasteiger partial charge on any atom is 0.193 e. The molecule has 0 amide bonds. The third-order valence-electron chi connectivity index (χ3n) is 4.09. The molecule has 3 rings (SSSR count). The molecule has 0 unspecified atom stereocenters. The predicted molar refractivity (Wildman–Crippen MR) is 84.4 cm³/mol. The fourth-order valence-electron chi connectivity index (χ4n) is 2.89. The van der Waals surface area contributed by atoms with E-state index in [9.17, 15) is 14.7 Å². The molecule has 112 valence electrons. The molecular weight excluding hydrogens is 276 g/mol. The first-order valence-electron chi connectivity index (χ1n) is 7.40. The van der Waals surface area contributed by atoms with Gasteiger partial charge in [-0.15, -0.1) is 0 Å². The number of hydrogen-bond acceptors (Lipinski definition) is 3. The number of rotatable bonds is 2. The van der Waals surface area contributed by atoms with Crippen LogP contribution < -0.4 is 0 Å². The normalized spacial score (nSPS) is 14.0. The van der Waals surface area contributed by atoms with Crippen molar-refractivity contribution < 1.29 is 14.7 Å². The van der Waals surface area contributed by atoms with E-state index in [1.807, 2.05) is 24.3 Å². The minimum absolute atomic E-state index is 0.00496. The molecule has 2 aromatic carbocycles. The van der Waals surface area contributed by atoms with Gasteiger partial charge in [0, 0.05) is 16.7 Å². The zero-order valence-electron chi connectivity index (χ0n) is 12.7. The smallest absolute Gasteiger partial charge is 0.193 e. The van der Waals surface area contributed by atoms with Gasteiger partial charge in [0.15, 0.2) is 11.6 Å². The molecule has 0 heterocycles. The molecule has 0 saturated heterocycles. The number of Topliss-reactive ketones (excluding diaryl/α,β-unsaturated/α-hetero) is 1. The van der Waals surface area contributed by atoms with Crippen LogP contribution in [0.4, 0.5) is 0 Å². The molecule has 3 heteroatoms. The van der Waals surface area contributed by atoms with Gasteiger partial charge in [-0.3, -0.25) is 9.59 Å². The van der Waals surface area contributed by atoms with Crippen LogP contribution in [0.25, 0.3) is 0 Å². The predicted octanol–water partition coefficient (Wildman–Crippen LogP) is 2.97. The van der Waals surface area contributed by atoms with E-state index >= 15 is 0 Å². The Balaban J connectivity index is 2.06. The van der Waals surface area contributed by atoms with Crippen molar-refractivity contribution in [2.75, 3.05) is 0 Å². The summed E-state index contributed by atoms with van der Waals surface area (Å²) in [6, 6.07) is 12.7. The molecule has 0 radical (unpaired) electrons. The molecule has 1 aliphatic carbocycles. The zero-order chi connectivity index (χ0) is 15.9. The van der Waals surface area contributed by atoms with Crippen LogP contribution in [-0.2, 0) is 12.8 Å². The molecule has 0 bridgehead atoms. The molecule has 0 aromatic heterocycles. The van der Waals surface area contributed by atoms with Gasteiger partial charge in [0.05, 0.1) is 0 Å². The summed E-state index contributed by atoms with van der Waals surface area (Å²) in [6.45, 7) is 2.95. The molecule has 0 fully saturated rings. The van der Waals surface area contributed by atoms with Crippen LogP contribution in [0, 0.1) is 0 Å². The number of hydrogen-bond donors (Lipinski definition) is 1. The lowest BCUT2D eigenvalue weighted by molar-refractivity contribution is 0.0488. The Bertz CT molecular complexity index is 766. The van der Waals surface area contributed by atoms with Gasteiger partial charge in [0.25, 0.3) is 0 Å². The van der Waals surface area contributed by atoms with Crippen molar-refractivity contribution in [1.82, 2.24) is 0 Å². The van der Waals surface area contributed by atoms with E-state index in [1.54, 1.807) is 18.2 Å². The lowest BCUT2D eigenvalue weighted by Crippen LogP contribution is -2.31. The van der Waals surface area contributed by atoms with Crippen LogP contribution in [-0.4, -0.2) is 22.3 Å². The van der Waals surface area contributed by atoms with E-state index in [4.69, 9.17) is 0 Å². The molecule has 0 spiro atoms. The molecule has 3 nitrogen and oxygen atoms in total. The Hall–Kier alpha value is -2.26. The fourth-order valence-corrected chi connectivity index (χ4v) is 2.89. The maximum absolute atomic E-state index is 12.7. The Morgan fingerprint density at radius 3 is 2.36 bits per heavy atom. The molecule has 0 saturated carbocycles. The lowest BCUT2D eigenvalue weighted by Gasteiger charge is -2.16. The summed E-state index contributed by atoms with van der Waals surface area (Å²) in [5, 5.41) is 9.88. The van der Waals surface area contributed by atoms with Crippen LogP contribution in [0.2, 0.25) is 0 Å². The van der Waals surface area contributed by atoms with Crippen molar-refractivity contribution in [3.05, 3.63) is 70.3 Å². The highest BCUT2D eigenvalue weighted by Gasteiger charge is 2.27. The summed E-state index contributed by atoms with van der Waals surface area (Å²) in [7, 11) is 0. The Morgan fingerprint density at radius 1 is 1.00 bits per heavy atom. The highest BCUT2D eigenvalue weighted by molar-refractivity contribution is 6.12. The number of ketones is 2. The third kappa shape index (κ3) is 2.48. The summed E-state index contributed by atoms with van der Waals surface area (Å²) < 4.78 is 0. The summed E-state index contributed by atoms with van der Waals surface area (Å²) in [6.07, 6.45) is 1.49. The SMILES string of the molecule is CC(C)(O)C(=O)c1ccc2c(c1)CCc1ccccc1C2=O. The largest absolute Gasteiger partial charge is 0.382 e. The number of carbonyl (C=O) groups excluding carboxylic acids is 2. The minimum atomic E-state index is -1.41. The fraction of sp³-hybridized carbons (Fsp3) is 0.263. The van der Waals surface area contributed by atoms with Crippen molar-refractivity contribution in [1.29, 1.82) is 0 Å². The first kappa shape index (κ1) is 14.7. The number of aryl methyl sites for hydroxylation is 2. The third-order valence-corrected chi connectivity index (χ3v) is 4.09. The Labute approximate surface area is 129 Å². The van der Waals surface area contributed by atoms with Crippen molar-refractivity contribution in [3.63, 3.8) is 0 Å². The van der Waals surface area contributed by atoms with Gasteiger partial charge in [-0.2, -0.15) is 0 Å². The summed E-state index contributed by atoms with van der Waals surface area (Å²) in [5.74, 6) is -0.324. The van der Waals surface area contributed by atoms with E-state index in [0.717, 1.165) is 23.1 Å². The van der Waals surface area contributed by atoms with E-state index in [2.05, 4.69) is 0 Å².